The molecule has 118 valence electrons. The van der Waals surface area contributed by atoms with Gasteiger partial charge in [-0.25, -0.2) is 8.42 Å². The Morgan fingerprint density at radius 3 is 2.67 bits per heavy atom. The van der Waals surface area contributed by atoms with Gasteiger partial charge in [-0.1, -0.05) is 41.8 Å². The van der Waals surface area contributed by atoms with E-state index in [1.54, 1.807) is 22.5 Å². The number of nitrogens with two attached hydrogens (primary N) is 1. The maximum atomic E-state index is 12.9. The van der Waals surface area contributed by atoms with Crippen LogP contribution in [0.3, 0.4) is 0 Å². The molecule has 1 aliphatic rings. The average molecular weight is 375 g/mol. The largest absolute Gasteiger partial charge is 0.330 e. The molecule has 2 rings (SSSR count). The van der Waals surface area contributed by atoms with E-state index in [0.717, 1.165) is 30.2 Å². The first-order valence-corrected chi connectivity index (χ1v) is 9.71. The van der Waals surface area contributed by atoms with Crippen molar-refractivity contribution in [2.24, 2.45) is 11.7 Å². The second-order valence-corrected chi connectivity index (χ2v) is 8.32. The van der Waals surface area contributed by atoms with Gasteiger partial charge in [-0.05, 0) is 43.5 Å². The van der Waals surface area contributed by atoms with Crippen molar-refractivity contribution in [2.75, 3.05) is 13.1 Å². The van der Waals surface area contributed by atoms with Gasteiger partial charge in [0.1, 0.15) is 0 Å². The highest BCUT2D eigenvalue weighted by molar-refractivity contribution is 9.10. The molecule has 1 fully saturated rings. The van der Waals surface area contributed by atoms with E-state index in [0.29, 0.717) is 18.0 Å². The Bertz CT molecular complexity index is 577. The first kappa shape index (κ1) is 16.9. The third-order valence-corrected chi connectivity index (χ3v) is 6.75. The molecule has 21 heavy (non-hydrogen) atoms. The van der Waals surface area contributed by atoms with Crippen LogP contribution in [-0.4, -0.2) is 31.9 Å². The maximum Gasteiger partial charge on any atom is 0.243 e. The molecule has 2 N–H and O–H groups in total. The van der Waals surface area contributed by atoms with Crippen molar-refractivity contribution in [3.63, 3.8) is 0 Å². The molecule has 0 saturated heterocycles. The third kappa shape index (κ3) is 3.67. The summed E-state index contributed by atoms with van der Waals surface area (Å²) in [5, 5.41) is 0. The lowest BCUT2D eigenvalue weighted by Crippen LogP contribution is -2.47. The fourth-order valence-electron chi connectivity index (χ4n) is 3.19. The molecule has 6 heteroatoms. The SMILES string of the molecule is CCN(C1CCCCC1CN)S(=O)(=O)c1cccc(Br)c1. The fraction of sp³-hybridized carbons (Fsp3) is 0.600. The van der Waals surface area contributed by atoms with Crippen LogP contribution in [0.4, 0.5) is 0 Å². The topological polar surface area (TPSA) is 63.4 Å². The molecule has 4 nitrogen and oxygen atoms in total. The predicted molar refractivity (Wildman–Crippen MR) is 88.5 cm³/mol. The van der Waals surface area contributed by atoms with Crippen LogP contribution in [0.25, 0.3) is 0 Å². The van der Waals surface area contributed by atoms with Crippen LogP contribution in [0.15, 0.2) is 33.6 Å². The van der Waals surface area contributed by atoms with Gasteiger partial charge in [-0.2, -0.15) is 4.31 Å². The van der Waals surface area contributed by atoms with Crippen molar-refractivity contribution in [2.45, 2.75) is 43.5 Å². The first-order valence-electron chi connectivity index (χ1n) is 7.48. The number of rotatable bonds is 5. The Balaban J connectivity index is 2.35. The minimum Gasteiger partial charge on any atom is -0.330 e. The molecular formula is C15H23BrN2O2S. The van der Waals surface area contributed by atoms with Gasteiger partial charge in [-0.3, -0.25) is 0 Å². The maximum absolute atomic E-state index is 12.9. The van der Waals surface area contributed by atoms with Crippen molar-refractivity contribution in [3.8, 4) is 0 Å². The van der Waals surface area contributed by atoms with Gasteiger partial charge < -0.3 is 5.73 Å². The fourth-order valence-corrected chi connectivity index (χ4v) is 5.51. The lowest BCUT2D eigenvalue weighted by atomic mass is 9.84. The van der Waals surface area contributed by atoms with Gasteiger partial charge in [0.15, 0.2) is 0 Å². The summed E-state index contributed by atoms with van der Waals surface area (Å²) in [6.07, 6.45) is 4.15. The number of hydrogen-bond acceptors (Lipinski definition) is 3. The minimum atomic E-state index is -3.47. The summed E-state index contributed by atoms with van der Waals surface area (Å²) in [5.74, 6) is 0.264. The molecule has 0 spiro atoms. The highest BCUT2D eigenvalue weighted by Gasteiger charge is 2.36. The average Bonchev–Trinajstić information content (AvgIpc) is 2.48. The summed E-state index contributed by atoms with van der Waals surface area (Å²) in [7, 11) is -3.47. The number of hydrogen-bond donors (Lipinski definition) is 1. The van der Waals surface area contributed by atoms with E-state index in [4.69, 9.17) is 5.73 Å². The molecule has 0 aromatic heterocycles. The summed E-state index contributed by atoms with van der Waals surface area (Å²) in [6, 6.07) is 6.93. The van der Waals surface area contributed by atoms with Gasteiger partial charge in [0.25, 0.3) is 0 Å². The lowest BCUT2D eigenvalue weighted by Gasteiger charge is -2.38. The monoisotopic (exact) mass is 374 g/mol. The van der Waals surface area contributed by atoms with Crippen molar-refractivity contribution in [1.29, 1.82) is 0 Å². The summed E-state index contributed by atoms with van der Waals surface area (Å²) in [5.41, 5.74) is 5.86. The van der Waals surface area contributed by atoms with Gasteiger partial charge in [0.2, 0.25) is 10.0 Å². The Morgan fingerprint density at radius 1 is 1.33 bits per heavy atom. The highest BCUT2D eigenvalue weighted by atomic mass is 79.9. The molecule has 0 aliphatic heterocycles. The van der Waals surface area contributed by atoms with Crippen LogP contribution in [0, 0.1) is 5.92 Å². The number of sulfonamides is 1. The zero-order chi connectivity index (χ0) is 15.5. The Labute approximate surface area is 135 Å². The van der Waals surface area contributed by atoms with Crippen molar-refractivity contribution in [3.05, 3.63) is 28.7 Å². The third-order valence-electron chi connectivity index (χ3n) is 4.26. The van der Waals surface area contributed by atoms with Crippen LogP contribution in [-0.2, 0) is 10.0 Å². The Kier molecular flexibility index (Phi) is 5.82. The van der Waals surface area contributed by atoms with E-state index < -0.39 is 10.0 Å². The van der Waals surface area contributed by atoms with Gasteiger partial charge in [-0.15, -0.1) is 0 Å². The summed E-state index contributed by atoms with van der Waals surface area (Å²) >= 11 is 3.34. The van der Waals surface area contributed by atoms with Gasteiger partial charge >= 0.3 is 0 Å². The van der Waals surface area contributed by atoms with Crippen molar-refractivity contribution in [1.82, 2.24) is 4.31 Å². The number of nitrogens with zero attached hydrogens (tertiary/aromatic N) is 1. The number of benzene rings is 1. The molecule has 0 radical (unpaired) electrons. The summed E-state index contributed by atoms with van der Waals surface area (Å²) in [4.78, 5) is 0.347. The quantitative estimate of drug-likeness (QED) is 0.861. The molecule has 1 aromatic carbocycles. The van der Waals surface area contributed by atoms with Gasteiger partial charge in [0, 0.05) is 17.1 Å². The molecule has 1 aromatic rings. The van der Waals surface area contributed by atoms with Crippen LogP contribution in [0.1, 0.15) is 32.6 Å². The van der Waals surface area contributed by atoms with Gasteiger partial charge in [0.05, 0.1) is 4.90 Å². The highest BCUT2D eigenvalue weighted by Crippen LogP contribution is 2.32. The van der Waals surface area contributed by atoms with E-state index in [-0.39, 0.29) is 12.0 Å². The molecule has 2 atom stereocenters. The number of halogens is 1. The van der Waals surface area contributed by atoms with Crippen molar-refractivity contribution < 1.29 is 8.42 Å². The first-order chi connectivity index (χ1) is 10.0. The summed E-state index contributed by atoms with van der Waals surface area (Å²) in [6.45, 7) is 2.93. The smallest absolute Gasteiger partial charge is 0.243 e. The second kappa shape index (κ2) is 7.22. The van der Waals surface area contributed by atoms with E-state index in [2.05, 4.69) is 15.9 Å². The van der Waals surface area contributed by atoms with Crippen LogP contribution in [0.2, 0.25) is 0 Å². The Hall–Kier alpha value is -0.430. The lowest BCUT2D eigenvalue weighted by molar-refractivity contribution is 0.187. The zero-order valence-electron chi connectivity index (χ0n) is 12.3. The molecule has 1 saturated carbocycles. The Morgan fingerprint density at radius 2 is 2.05 bits per heavy atom. The second-order valence-electron chi connectivity index (χ2n) is 5.51. The molecule has 1 aliphatic carbocycles. The van der Waals surface area contributed by atoms with E-state index >= 15 is 0 Å². The van der Waals surface area contributed by atoms with Crippen LogP contribution < -0.4 is 5.73 Å². The zero-order valence-corrected chi connectivity index (χ0v) is 14.7. The van der Waals surface area contributed by atoms with Crippen molar-refractivity contribution >= 4 is 26.0 Å². The van der Waals surface area contributed by atoms with Crippen LogP contribution >= 0.6 is 15.9 Å². The predicted octanol–water partition coefficient (Wildman–Crippen LogP) is 2.98. The molecule has 0 amide bonds. The summed E-state index contributed by atoms with van der Waals surface area (Å²) < 4.78 is 28.3. The minimum absolute atomic E-state index is 0.0257. The van der Waals surface area contributed by atoms with E-state index in [9.17, 15) is 8.42 Å². The molecular weight excluding hydrogens is 352 g/mol. The standard InChI is InChI=1S/C15H23BrN2O2S/c1-2-18(15-9-4-3-6-12(15)11-17)21(19,20)14-8-5-7-13(16)10-14/h5,7-8,10,12,15H,2-4,6,9,11,17H2,1H3. The van der Waals surface area contributed by atoms with E-state index in [1.165, 1.54) is 0 Å². The molecule has 0 bridgehead atoms. The van der Waals surface area contributed by atoms with E-state index in [1.807, 2.05) is 13.0 Å². The van der Waals surface area contributed by atoms with Crippen LogP contribution in [0.5, 0.6) is 0 Å². The normalized spacial score (nSPS) is 23.4. The molecule has 2 unspecified atom stereocenters. The molecule has 0 heterocycles.